The van der Waals surface area contributed by atoms with E-state index in [4.69, 9.17) is 0 Å². The Balaban J connectivity index is 1.67. The average Bonchev–Trinajstić information content (AvgIpc) is 2.73. The van der Waals surface area contributed by atoms with Crippen molar-refractivity contribution in [1.29, 1.82) is 0 Å². The maximum absolute atomic E-state index is 15.1. The minimum atomic E-state index is -4.76. The second-order valence-corrected chi connectivity index (χ2v) is 6.99. The molecule has 0 spiro atoms. The van der Waals surface area contributed by atoms with E-state index in [1.54, 1.807) is 12.1 Å². The highest BCUT2D eigenvalue weighted by Crippen LogP contribution is 2.33. The van der Waals surface area contributed by atoms with Crippen LogP contribution in [0.25, 0.3) is 33.0 Å². The highest BCUT2D eigenvalue weighted by atomic mass is 19.4. The minimum absolute atomic E-state index is 0.320. The first kappa shape index (κ1) is 20.0. The molecule has 5 heteroatoms. The summed E-state index contributed by atoms with van der Waals surface area (Å²) in [6.45, 7) is 2.10. The lowest BCUT2D eigenvalue weighted by Crippen LogP contribution is -2.16. The third-order valence-corrected chi connectivity index (χ3v) is 5.05. The maximum atomic E-state index is 15.1. The van der Waals surface area contributed by atoms with Gasteiger partial charge in [-0.25, -0.2) is 4.39 Å². The fourth-order valence-electron chi connectivity index (χ4n) is 3.46. The lowest BCUT2D eigenvalue weighted by molar-refractivity contribution is -0.274. The smallest absolute Gasteiger partial charge is 0.406 e. The standard InChI is InChI=1S/C25H18F4O/c1-2-16-3-5-17(6-4-16)19-9-13-23-20(15-19)10-14-22(24(23)26)18-7-11-21(12-8-18)30-25(27,28)29/h3-15H,2H2,1H3. The van der Waals surface area contributed by atoms with E-state index in [0.717, 1.165) is 22.9 Å². The predicted octanol–water partition coefficient (Wildman–Crippen LogP) is 7.77. The molecule has 0 unspecified atom stereocenters. The third-order valence-electron chi connectivity index (χ3n) is 5.05. The number of aryl methyl sites for hydroxylation is 1. The van der Waals surface area contributed by atoms with Crippen LogP contribution in [0.15, 0.2) is 78.9 Å². The van der Waals surface area contributed by atoms with Crippen molar-refractivity contribution in [3.63, 3.8) is 0 Å². The van der Waals surface area contributed by atoms with Gasteiger partial charge in [-0.15, -0.1) is 13.2 Å². The molecule has 0 fully saturated rings. The zero-order valence-corrected chi connectivity index (χ0v) is 16.1. The second kappa shape index (κ2) is 7.82. The van der Waals surface area contributed by atoms with E-state index in [9.17, 15) is 13.2 Å². The lowest BCUT2D eigenvalue weighted by Gasteiger charge is -2.11. The number of hydrogen-bond donors (Lipinski definition) is 0. The number of fused-ring (bicyclic) bond motifs is 1. The Morgan fingerprint density at radius 3 is 2.00 bits per heavy atom. The molecule has 0 aliphatic heterocycles. The van der Waals surface area contributed by atoms with Gasteiger partial charge in [0.15, 0.2) is 0 Å². The van der Waals surface area contributed by atoms with Gasteiger partial charge in [-0.3, -0.25) is 0 Å². The van der Waals surface area contributed by atoms with Crippen LogP contribution in [0.4, 0.5) is 17.6 Å². The van der Waals surface area contributed by atoms with Gasteiger partial charge in [-0.1, -0.05) is 67.6 Å². The van der Waals surface area contributed by atoms with Crippen LogP contribution in [0.2, 0.25) is 0 Å². The van der Waals surface area contributed by atoms with Crippen molar-refractivity contribution in [1.82, 2.24) is 0 Å². The molecule has 0 aromatic heterocycles. The largest absolute Gasteiger partial charge is 0.573 e. The topological polar surface area (TPSA) is 9.23 Å². The van der Waals surface area contributed by atoms with E-state index >= 15 is 4.39 Å². The summed E-state index contributed by atoms with van der Waals surface area (Å²) in [4.78, 5) is 0. The summed E-state index contributed by atoms with van der Waals surface area (Å²) < 4.78 is 56.0. The van der Waals surface area contributed by atoms with E-state index in [2.05, 4.69) is 35.9 Å². The monoisotopic (exact) mass is 410 g/mol. The molecule has 1 nitrogen and oxygen atoms in total. The molecule has 30 heavy (non-hydrogen) atoms. The fraction of sp³-hybridized carbons (Fsp3) is 0.120. The minimum Gasteiger partial charge on any atom is -0.406 e. The Morgan fingerprint density at radius 1 is 0.733 bits per heavy atom. The second-order valence-electron chi connectivity index (χ2n) is 6.99. The number of rotatable bonds is 4. The van der Waals surface area contributed by atoms with Crippen molar-refractivity contribution in [3.05, 3.63) is 90.2 Å². The molecule has 0 saturated carbocycles. The molecule has 0 aliphatic rings. The van der Waals surface area contributed by atoms with Crippen molar-refractivity contribution >= 4 is 10.8 Å². The van der Waals surface area contributed by atoms with Gasteiger partial charge in [0, 0.05) is 10.9 Å². The molecule has 4 aromatic rings. The highest BCUT2D eigenvalue weighted by Gasteiger charge is 2.31. The van der Waals surface area contributed by atoms with Gasteiger partial charge in [0.25, 0.3) is 0 Å². The molecule has 152 valence electrons. The number of alkyl halides is 3. The molecule has 0 radical (unpaired) electrons. The summed E-state index contributed by atoms with van der Waals surface area (Å²) in [5.41, 5.74) is 4.09. The quantitative estimate of drug-likeness (QED) is 0.312. The van der Waals surface area contributed by atoms with E-state index in [0.29, 0.717) is 16.5 Å². The van der Waals surface area contributed by atoms with Crippen LogP contribution in [0.5, 0.6) is 5.75 Å². The average molecular weight is 410 g/mol. The Kier molecular flexibility index (Phi) is 5.20. The highest BCUT2D eigenvalue weighted by molar-refractivity contribution is 5.91. The van der Waals surface area contributed by atoms with E-state index < -0.39 is 12.2 Å². The van der Waals surface area contributed by atoms with Crippen molar-refractivity contribution in [2.24, 2.45) is 0 Å². The van der Waals surface area contributed by atoms with Gasteiger partial charge >= 0.3 is 6.36 Å². The van der Waals surface area contributed by atoms with Crippen LogP contribution >= 0.6 is 0 Å². The summed E-state index contributed by atoms with van der Waals surface area (Å²) in [6, 6.07) is 22.4. The SMILES string of the molecule is CCc1ccc(-c2ccc3c(F)c(-c4ccc(OC(F)(F)F)cc4)ccc3c2)cc1. The van der Waals surface area contributed by atoms with Crippen LogP contribution in [-0.2, 0) is 6.42 Å². The number of ether oxygens (including phenoxy) is 1. The fourth-order valence-corrected chi connectivity index (χ4v) is 3.46. The summed E-state index contributed by atoms with van der Waals surface area (Å²) in [5, 5.41) is 1.21. The van der Waals surface area contributed by atoms with Crippen molar-refractivity contribution in [2.45, 2.75) is 19.7 Å². The van der Waals surface area contributed by atoms with Crippen LogP contribution in [0, 0.1) is 5.82 Å². The van der Waals surface area contributed by atoms with Crippen LogP contribution in [0.1, 0.15) is 12.5 Å². The van der Waals surface area contributed by atoms with E-state index in [-0.39, 0.29) is 5.75 Å². The molecule has 0 aliphatic carbocycles. The van der Waals surface area contributed by atoms with Gasteiger partial charge in [0.2, 0.25) is 0 Å². The first-order chi connectivity index (χ1) is 14.3. The summed E-state index contributed by atoms with van der Waals surface area (Å²) in [7, 11) is 0. The summed E-state index contributed by atoms with van der Waals surface area (Å²) in [5.74, 6) is -0.754. The number of halogens is 4. The summed E-state index contributed by atoms with van der Waals surface area (Å²) in [6.07, 6.45) is -3.79. The van der Waals surface area contributed by atoms with Crippen LogP contribution in [-0.4, -0.2) is 6.36 Å². The Morgan fingerprint density at radius 2 is 1.37 bits per heavy atom. The van der Waals surface area contributed by atoms with E-state index in [1.807, 2.05) is 18.2 Å². The Hall–Kier alpha value is -3.34. The molecule has 0 N–H and O–H groups in total. The predicted molar refractivity (Wildman–Crippen MR) is 111 cm³/mol. The van der Waals surface area contributed by atoms with Crippen LogP contribution in [0.3, 0.4) is 0 Å². The molecule has 4 rings (SSSR count). The van der Waals surface area contributed by atoms with Crippen molar-refractivity contribution in [2.75, 3.05) is 0 Å². The van der Waals surface area contributed by atoms with Gasteiger partial charge in [-0.2, -0.15) is 0 Å². The Labute approximate surface area is 171 Å². The molecule has 0 saturated heterocycles. The van der Waals surface area contributed by atoms with Gasteiger partial charge in [0.1, 0.15) is 11.6 Å². The normalized spacial score (nSPS) is 11.6. The zero-order chi connectivity index (χ0) is 21.3. The van der Waals surface area contributed by atoms with Gasteiger partial charge in [-0.05, 0) is 52.3 Å². The third kappa shape index (κ3) is 4.15. The van der Waals surface area contributed by atoms with Gasteiger partial charge in [0.05, 0.1) is 0 Å². The van der Waals surface area contributed by atoms with Crippen molar-refractivity contribution in [3.8, 4) is 28.0 Å². The van der Waals surface area contributed by atoms with Crippen molar-refractivity contribution < 1.29 is 22.3 Å². The number of benzene rings is 4. The molecular weight excluding hydrogens is 392 g/mol. The molecule has 0 heterocycles. The molecular formula is C25H18F4O. The molecule has 0 bridgehead atoms. The molecule has 0 atom stereocenters. The van der Waals surface area contributed by atoms with Crippen LogP contribution < -0.4 is 4.74 Å². The Bertz CT molecular complexity index is 1180. The molecule has 4 aromatic carbocycles. The first-order valence-corrected chi connectivity index (χ1v) is 9.52. The number of hydrogen-bond acceptors (Lipinski definition) is 1. The first-order valence-electron chi connectivity index (χ1n) is 9.52. The lowest BCUT2D eigenvalue weighted by atomic mass is 9.96. The zero-order valence-electron chi connectivity index (χ0n) is 16.1. The maximum Gasteiger partial charge on any atom is 0.573 e. The molecule has 0 amide bonds. The van der Waals surface area contributed by atoms with Gasteiger partial charge < -0.3 is 4.74 Å². The van der Waals surface area contributed by atoms with E-state index in [1.165, 1.54) is 29.8 Å². The summed E-state index contributed by atoms with van der Waals surface area (Å²) >= 11 is 0.